The molecule has 0 aliphatic carbocycles. The Morgan fingerprint density at radius 1 is 0.926 bits per heavy atom. The molecule has 0 atom stereocenters. The first-order chi connectivity index (χ1) is 13.1. The number of aromatic nitrogens is 1. The van der Waals surface area contributed by atoms with Crippen LogP contribution >= 0.6 is 11.6 Å². The van der Waals surface area contributed by atoms with Gasteiger partial charge in [-0.05, 0) is 36.4 Å². The number of anilines is 2. The second-order valence-electron chi connectivity index (χ2n) is 5.53. The summed E-state index contributed by atoms with van der Waals surface area (Å²) in [5.74, 6) is -0.188. The summed E-state index contributed by atoms with van der Waals surface area (Å²) in [5, 5.41) is 5.59. The van der Waals surface area contributed by atoms with Gasteiger partial charge in [0.15, 0.2) is 0 Å². The molecule has 1 heterocycles. The van der Waals surface area contributed by atoms with Gasteiger partial charge in [0.25, 0.3) is 11.8 Å². The summed E-state index contributed by atoms with van der Waals surface area (Å²) in [6.07, 6.45) is 1.49. The third kappa shape index (κ3) is 4.43. The standard InChI is InChI=1S/C20H16ClN3O3/c1-27-14-7-4-6-13(12-14)23-19(25)15-8-2-3-10-17(15)24-20(26)16-9-5-11-22-18(16)21/h2-12H,1H3,(H,23,25)(H,24,26). The van der Waals surface area contributed by atoms with E-state index in [1.54, 1.807) is 67.8 Å². The molecule has 6 nitrogen and oxygen atoms in total. The topological polar surface area (TPSA) is 80.3 Å². The van der Waals surface area contributed by atoms with Crippen molar-refractivity contribution in [2.24, 2.45) is 0 Å². The Morgan fingerprint density at radius 2 is 1.67 bits per heavy atom. The molecule has 3 aromatic rings. The number of amides is 2. The number of carbonyl (C=O) groups excluding carboxylic acids is 2. The van der Waals surface area contributed by atoms with Crippen LogP contribution in [0, 0.1) is 0 Å². The minimum absolute atomic E-state index is 0.0910. The SMILES string of the molecule is COc1cccc(NC(=O)c2ccccc2NC(=O)c2cccnc2Cl)c1. The van der Waals surface area contributed by atoms with Gasteiger partial charge in [0.1, 0.15) is 10.9 Å². The van der Waals surface area contributed by atoms with Gasteiger partial charge in [-0.15, -0.1) is 0 Å². The first kappa shape index (κ1) is 18.4. The van der Waals surface area contributed by atoms with Crippen LogP contribution in [0.1, 0.15) is 20.7 Å². The number of carbonyl (C=O) groups is 2. The number of pyridine rings is 1. The van der Waals surface area contributed by atoms with Crippen molar-refractivity contribution in [3.63, 3.8) is 0 Å². The number of hydrogen-bond acceptors (Lipinski definition) is 4. The fourth-order valence-corrected chi connectivity index (χ4v) is 2.64. The average Bonchev–Trinajstić information content (AvgIpc) is 2.68. The van der Waals surface area contributed by atoms with E-state index in [1.165, 1.54) is 6.20 Å². The highest BCUT2D eigenvalue weighted by atomic mass is 35.5. The van der Waals surface area contributed by atoms with E-state index in [1.807, 2.05) is 0 Å². The Bertz CT molecular complexity index is 991. The molecular formula is C20H16ClN3O3. The van der Waals surface area contributed by atoms with Crippen LogP contribution in [0.15, 0.2) is 66.9 Å². The molecule has 27 heavy (non-hydrogen) atoms. The highest BCUT2D eigenvalue weighted by Crippen LogP contribution is 2.21. The predicted octanol–water partition coefficient (Wildman–Crippen LogP) is 4.25. The van der Waals surface area contributed by atoms with Gasteiger partial charge in [0, 0.05) is 18.0 Å². The molecule has 2 amide bonds. The molecule has 0 radical (unpaired) electrons. The summed E-state index contributed by atoms with van der Waals surface area (Å²) in [6.45, 7) is 0. The van der Waals surface area contributed by atoms with Crippen LogP contribution < -0.4 is 15.4 Å². The predicted molar refractivity (Wildman–Crippen MR) is 105 cm³/mol. The monoisotopic (exact) mass is 381 g/mol. The van der Waals surface area contributed by atoms with Crippen molar-refractivity contribution >= 4 is 34.8 Å². The Balaban J connectivity index is 1.82. The molecule has 0 aliphatic rings. The van der Waals surface area contributed by atoms with Crippen LogP contribution in [0.4, 0.5) is 11.4 Å². The van der Waals surface area contributed by atoms with Gasteiger partial charge >= 0.3 is 0 Å². The van der Waals surface area contributed by atoms with E-state index < -0.39 is 5.91 Å². The lowest BCUT2D eigenvalue weighted by molar-refractivity contribution is 0.102. The number of hydrogen-bond donors (Lipinski definition) is 2. The summed E-state index contributed by atoms with van der Waals surface area (Å²) < 4.78 is 5.15. The maximum Gasteiger partial charge on any atom is 0.258 e. The first-order valence-corrected chi connectivity index (χ1v) is 8.42. The highest BCUT2D eigenvalue weighted by Gasteiger charge is 2.16. The fourth-order valence-electron chi connectivity index (χ4n) is 2.43. The number of para-hydroxylation sites is 1. The average molecular weight is 382 g/mol. The number of benzene rings is 2. The molecule has 2 N–H and O–H groups in total. The maximum atomic E-state index is 12.7. The summed E-state index contributed by atoms with van der Waals surface area (Å²) in [6, 6.07) is 16.9. The van der Waals surface area contributed by atoms with E-state index in [9.17, 15) is 9.59 Å². The van der Waals surface area contributed by atoms with Crippen LogP contribution in [0.2, 0.25) is 5.15 Å². The van der Waals surface area contributed by atoms with E-state index in [0.29, 0.717) is 22.7 Å². The lowest BCUT2D eigenvalue weighted by atomic mass is 10.1. The Hall–Kier alpha value is -3.38. The van der Waals surface area contributed by atoms with Gasteiger partial charge in [0.2, 0.25) is 0 Å². The minimum Gasteiger partial charge on any atom is -0.497 e. The van der Waals surface area contributed by atoms with Crippen molar-refractivity contribution in [3.05, 3.63) is 83.1 Å². The Kier molecular flexibility index (Phi) is 5.68. The van der Waals surface area contributed by atoms with E-state index in [-0.39, 0.29) is 16.6 Å². The van der Waals surface area contributed by atoms with Gasteiger partial charge in [-0.3, -0.25) is 9.59 Å². The second kappa shape index (κ2) is 8.33. The Morgan fingerprint density at radius 3 is 2.44 bits per heavy atom. The van der Waals surface area contributed by atoms with E-state index in [4.69, 9.17) is 16.3 Å². The second-order valence-corrected chi connectivity index (χ2v) is 5.89. The van der Waals surface area contributed by atoms with Crippen LogP contribution in [-0.2, 0) is 0 Å². The quantitative estimate of drug-likeness (QED) is 0.647. The van der Waals surface area contributed by atoms with Crippen molar-refractivity contribution in [2.75, 3.05) is 17.7 Å². The van der Waals surface area contributed by atoms with Gasteiger partial charge in [-0.1, -0.05) is 29.8 Å². The van der Waals surface area contributed by atoms with Crippen molar-refractivity contribution in [1.82, 2.24) is 4.98 Å². The molecule has 2 aromatic carbocycles. The zero-order valence-corrected chi connectivity index (χ0v) is 15.2. The van der Waals surface area contributed by atoms with E-state index in [2.05, 4.69) is 15.6 Å². The molecule has 0 unspecified atom stereocenters. The number of nitrogens with one attached hydrogen (secondary N) is 2. The van der Waals surface area contributed by atoms with Crippen molar-refractivity contribution in [2.45, 2.75) is 0 Å². The minimum atomic E-state index is -0.449. The number of ether oxygens (including phenoxy) is 1. The molecule has 0 spiro atoms. The summed E-state index contributed by atoms with van der Waals surface area (Å²) in [5.41, 5.74) is 1.48. The normalized spacial score (nSPS) is 10.1. The number of rotatable bonds is 5. The molecule has 0 fully saturated rings. The van der Waals surface area contributed by atoms with Gasteiger partial charge < -0.3 is 15.4 Å². The van der Waals surface area contributed by atoms with Crippen LogP contribution in [0.3, 0.4) is 0 Å². The van der Waals surface area contributed by atoms with Gasteiger partial charge in [-0.25, -0.2) is 4.98 Å². The molecule has 136 valence electrons. The molecule has 0 aliphatic heterocycles. The van der Waals surface area contributed by atoms with Crippen LogP contribution in [0.25, 0.3) is 0 Å². The van der Waals surface area contributed by atoms with Crippen LogP contribution in [0.5, 0.6) is 5.75 Å². The highest BCUT2D eigenvalue weighted by molar-refractivity contribution is 6.33. The maximum absolute atomic E-state index is 12.7. The molecule has 3 rings (SSSR count). The largest absolute Gasteiger partial charge is 0.497 e. The molecular weight excluding hydrogens is 366 g/mol. The number of halogens is 1. The smallest absolute Gasteiger partial charge is 0.258 e. The summed E-state index contributed by atoms with van der Waals surface area (Å²) in [4.78, 5) is 29.0. The van der Waals surface area contributed by atoms with Crippen molar-refractivity contribution < 1.29 is 14.3 Å². The van der Waals surface area contributed by atoms with Gasteiger partial charge in [0.05, 0.1) is 23.9 Å². The van der Waals surface area contributed by atoms with E-state index in [0.717, 1.165) is 0 Å². The van der Waals surface area contributed by atoms with Crippen molar-refractivity contribution in [1.29, 1.82) is 0 Å². The lowest BCUT2D eigenvalue weighted by Crippen LogP contribution is -2.18. The lowest BCUT2D eigenvalue weighted by Gasteiger charge is -2.12. The third-order valence-electron chi connectivity index (χ3n) is 3.75. The Labute approximate surface area is 161 Å². The van der Waals surface area contributed by atoms with Crippen molar-refractivity contribution in [3.8, 4) is 5.75 Å². The van der Waals surface area contributed by atoms with Gasteiger partial charge in [-0.2, -0.15) is 0 Å². The number of methoxy groups -OCH3 is 1. The number of nitrogens with zero attached hydrogens (tertiary/aromatic N) is 1. The zero-order valence-electron chi connectivity index (χ0n) is 14.4. The summed E-state index contributed by atoms with van der Waals surface area (Å²) in [7, 11) is 1.55. The molecule has 1 aromatic heterocycles. The van der Waals surface area contributed by atoms with E-state index >= 15 is 0 Å². The third-order valence-corrected chi connectivity index (χ3v) is 4.05. The summed E-state index contributed by atoms with van der Waals surface area (Å²) >= 11 is 5.96. The molecule has 7 heteroatoms. The molecule has 0 bridgehead atoms. The molecule has 0 saturated heterocycles. The molecule has 0 saturated carbocycles. The van der Waals surface area contributed by atoms with Crippen LogP contribution in [-0.4, -0.2) is 23.9 Å². The fraction of sp³-hybridized carbons (Fsp3) is 0.0500. The first-order valence-electron chi connectivity index (χ1n) is 8.05. The zero-order chi connectivity index (χ0) is 19.2.